The Hall–Kier alpha value is -1.29. The van der Waals surface area contributed by atoms with Crippen LogP contribution in [0, 0.1) is 5.41 Å². The van der Waals surface area contributed by atoms with E-state index in [4.69, 9.17) is 10.6 Å². The Balaban J connectivity index is 4.33. The van der Waals surface area contributed by atoms with Crippen molar-refractivity contribution in [2.75, 3.05) is 13.2 Å². The van der Waals surface area contributed by atoms with Gasteiger partial charge in [-0.2, -0.15) is 0 Å². The lowest BCUT2D eigenvalue weighted by atomic mass is 9.93. The molecule has 1 atom stereocenters. The molecule has 0 aromatic heterocycles. The number of nitrogens with zero attached hydrogens (tertiary/aromatic N) is 3. The first-order valence-electron chi connectivity index (χ1n) is 2.87. The summed E-state index contributed by atoms with van der Waals surface area (Å²) in [6.45, 7) is -0.222. The number of azide groups is 1. The molecule has 0 aliphatic rings. The fraction of sp³-hybridized carbons (Fsp3) is 0.800. The van der Waals surface area contributed by atoms with Crippen molar-refractivity contribution in [1.29, 1.82) is 0 Å². The van der Waals surface area contributed by atoms with Crippen molar-refractivity contribution in [3.8, 4) is 0 Å². The van der Waals surface area contributed by atoms with Crippen LogP contribution in [0.25, 0.3) is 10.4 Å². The Labute approximate surface area is 62.5 Å². The highest BCUT2D eigenvalue weighted by molar-refractivity contribution is 5.74. The molecule has 0 saturated heterocycles. The standard InChI is InChI=1S/C5H8FN3O2/c1-5(2-6,4(10)11)3-8-9-7/h2-3H2,1H3,(H,10,11). The first-order valence-corrected chi connectivity index (χ1v) is 2.87. The van der Waals surface area contributed by atoms with Crippen molar-refractivity contribution in [3.63, 3.8) is 0 Å². The van der Waals surface area contributed by atoms with Crippen molar-refractivity contribution in [2.24, 2.45) is 10.5 Å². The number of carbonyl (C=O) groups is 1. The Morgan fingerprint density at radius 2 is 2.45 bits per heavy atom. The summed E-state index contributed by atoms with van der Waals surface area (Å²) in [6, 6.07) is 0. The van der Waals surface area contributed by atoms with Gasteiger partial charge in [-0.1, -0.05) is 5.11 Å². The molecule has 0 radical (unpaired) electrons. The summed E-state index contributed by atoms with van der Waals surface area (Å²) < 4.78 is 12.1. The van der Waals surface area contributed by atoms with Gasteiger partial charge in [0.1, 0.15) is 6.67 Å². The summed E-state index contributed by atoms with van der Waals surface area (Å²) in [4.78, 5) is 12.7. The summed E-state index contributed by atoms with van der Waals surface area (Å²) >= 11 is 0. The van der Waals surface area contributed by atoms with E-state index >= 15 is 0 Å². The number of aliphatic carboxylic acids is 1. The van der Waals surface area contributed by atoms with Crippen molar-refractivity contribution < 1.29 is 14.3 Å². The van der Waals surface area contributed by atoms with Gasteiger partial charge in [-0.15, -0.1) is 0 Å². The summed E-state index contributed by atoms with van der Waals surface area (Å²) in [7, 11) is 0. The molecule has 0 aromatic carbocycles. The molecule has 1 unspecified atom stereocenters. The molecule has 0 aromatic rings. The third kappa shape index (κ3) is 2.43. The van der Waals surface area contributed by atoms with Crippen LogP contribution >= 0.6 is 0 Å². The van der Waals surface area contributed by atoms with E-state index in [0.29, 0.717) is 0 Å². The van der Waals surface area contributed by atoms with Crippen LogP contribution in [0.3, 0.4) is 0 Å². The van der Waals surface area contributed by atoms with Crippen LogP contribution in [0.15, 0.2) is 5.11 Å². The highest BCUT2D eigenvalue weighted by Crippen LogP contribution is 2.17. The molecule has 0 saturated carbocycles. The molecule has 0 aliphatic heterocycles. The Bertz CT molecular complexity index is 202. The van der Waals surface area contributed by atoms with Gasteiger partial charge < -0.3 is 5.11 Å². The smallest absolute Gasteiger partial charge is 0.312 e. The SMILES string of the molecule is CC(CF)(CN=[N+]=[N-])C(=O)O. The lowest BCUT2D eigenvalue weighted by Crippen LogP contribution is -2.32. The number of rotatable bonds is 4. The van der Waals surface area contributed by atoms with Gasteiger partial charge >= 0.3 is 5.97 Å². The van der Waals surface area contributed by atoms with Crippen molar-refractivity contribution in [2.45, 2.75) is 6.92 Å². The van der Waals surface area contributed by atoms with Crippen LogP contribution in [-0.4, -0.2) is 24.3 Å². The normalized spacial score (nSPS) is 14.7. The predicted molar refractivity (Wildman–Crippen MR) is 35.7 cm³/mol. The molecule has 5 nitrogen and oxygen atoms in total. The molecule has 6 heteroatoms. The van der Waals surface area contributed by atoms with Gasteiger partial charge in [0, 0.05) is 11.5 Å². The fourth-order valence-electron chi connectivity index (χ4n) is 0.355. The second-order valence-corrected chi connectivity index (χ2v) is 2.39. The van der Waals surface area contributed by atoms with Crippen LogP contribution in [-0.2, 0) is 4.79 Å². The van der Waals surface area contributed by atoms with Gasteiger partial charge in [0.2, 0.25) is 0 Å². The zero-order valence-electron chi connectivity index (χ0n) is 5.99. The number of alkyl halides is 1. The minimum Gasteiger partial charge on any atom is -0.481 e. The molecule has 11 heavy (non-hydrogen) atoms. The minimum absolute atomic E-state index is 0.366. The topological polar surface area (TPSA) is 86.1 Å². The zero-order valence-corrected chi connectivity index (χ0v) is 5.99. The maximum absolute atomic E-state index is 12.1. The lowest BCUT2D eigenvalue weighted by Gasteiger charge is -2.16. The molecular formula is C5H8FN3O2. The van der Waals surface area contributed by atoms with Gasteiger partial charge in [-0.05, 0) is 12.5 Å². The van der Waals surface area contributed by atoms with E-state index in [0.717, 1.165) is 0 Å². The molecule has 0 heterocycles. The van der Waals surface area contributed by atoms with Gasteiger partial charge in [-0.3, -0.25) is 4.79 Å². The van der Waals surface area contributed by atoms with Gasteiger partial charge in [-0.25, -0.2) is 4.39 Å². The van der Waals surface area contributed by atoms with Crippen LogP contribution in [0.4, 0.5) is 4.39 Å². The molecule has 0 rings (SSSR count). The quantitative estimate of drug-likeness (QED) is 0.383. The Morgan fingerprint density at radius 1 is 1.91 bits per heavy atom. The first-order chi connectivity index (χ1) is 5.06. The highest BCUT2D eigenvalue weighted by atomic mass is 19.1. The summed E-state index contributed by atoms with van der Waals surface area (Å²) in [5, 5.41) is 11.4. The van der Waals surface area contributed by atoms with E-state index < -0.39 is 18.1 Å². The fourth-order valence-corrected chi connectivity index (χ4v) is 0.355. The summed E-state index contributed by atoms with van der Waals surface area (Å²) in [5.41, 5.74) is 6.27. The van der Waals surface area contributed by atoms with E-state index in [1.165, 1.54) is 6.92 Å². The largest absolute Gasteiger partial charge is 0.481 e. The third-order valence-corrected chi connectivity index (χ3v) is 1.29. The van der Waals surface area contributed by atoms with E-state index in [2.05, 4.69) is 10.0 Å². The maximum Gasteiger partial charge on any atom is 0.312 e. The average molecular weight is 161 g/mol. The average Bonchev–Trinajstić information content (AvgIpc) is 2.00. The Morgan fingerprint density at radius 3 is 2.73 bits per heavy atom. The van der Waals surface area contributed by atoms with Gasteiger partial charge in [0.25, 0.3) is 0 Å². The molecule has 0 amide bonds. The van der Waals surface area contributed by atoms with Crippen LogP contribution in [0.2, 0.25) is 0 Å². The number of hydrogen-bond donors (Lipinski definition) is 1. The third-order valence-electron chi connectivity index (χ3n) is 1.29. The van der Waals surface area contributed by atoms with E-state index in [1.54, 1.807) is 0 Å². The molecule has 62 valence electrons. The minimum atomic E-state index is -1.58. The molecule has 1 N–H and O–H groups in total. The lowest BCUT2D eigenvalue weighted by molar-refractivity contribution is -0.148. The van der Waals surface area contributed by atoms with Crippen LogP contribution in [0.5, 0.6) is 0 Å². The number of halogens is 1. The zero-order chi connectivity index (χ0) is 8.91. The highest BCUT2D eigenvalue weighted by Gasteiger charge is 2.32. The van der Waals surface area contributed by atoms with Gasteiger partial charge in [0.15, 0.2) is 0 Å². The number of hydrogen-bond acceptors (Lipinski definition) is 2. The molecule has 0 bridgehead atoms. The summed E-state index contributed by atoms with van der Waals surface area (Å²) in [5.74, 6) is -1.30. The summed E-state index contributed by atoms with van der Waals surface area (Å²) in [6.07, 6.45) is 0. The second-order valence-electron chi connectivity index (χ2n) is 2.39. The molecular weight excluding hydrogens is 153 g/mol. The molecule has 0 fully saturated rings. The molecule has 0 spiro atoms. The predicted octanol–water partition coefficient (Wildman–Crippen LogP) is 1.36. The van der Waals surface area contributed by atoms with E-state index in [1.807, 2.05) is 0 Å². The van der Waals surface area contributed by atoms with Gasteiger partial charge in [0.05, 0.1) is 5.41 Å². The van der Waals surface area contributed by atoms with Crippen LogP contribution < -0.4 is 0 Å². The monoisotopic (exact) mass is 161 g/mol. The van der Waals surface area contributed by atoms with E-state index in [-0.39, 0.29) is 6.54 Å². The van der Waals surface area contributed by atoms with Crippen LogP contribution in [0.1, 0.15) is 6.92 Å². The van der Waals surface area contributed by atoms with Crippen molar-refractivity contribution >= 4 is 5.97 Å². The van der Waals surface area contributed by atoms with E-state index in [9.17, 15) is 9.18 Å². The first kappa shape index (κ1) is 9.71. The van der Waals surface area contributed by atoms with Crippen molar-refractivity contribution in [3.05, 3.63) is 10.4 Å². The maximum atomic E-state index is 12.1. The second kappa shape index (κ2) is 3.78. The Kier molecular flexibility index (Phi) is 3.33. The van der Waals surface area contributed by atoms with Crippen molar-refractivity contribution in [1.82, 2.24) is 0 Å². The molecule has 0 aliphatic carbocycles. The number of carboxylic acids is 1. The number of carboxylic acid groups (broad SMARTS) is 1.